The first-order valence-electron chi connectivity index (χ1n) is 11.0. The first-order chi connectivity index (χ1) is 15.1. The van der Waals surface area contributed by atoms with Crippen molar-refractivity contribution < 1.29 is 13.9 Å². The van der Waals surface area contributed by atoms with Crippen LogP contribution in [0.1, 0.15) is 57.4 Å². The van der Waals surface area contributed by atoms with Gasteiger partial charge in [0.2, 0.25) is 11.9 Å². The molecule has 0 saturated heterocycles. The summed E-state index contributed by atoms with van der Waals surface area (Å²) in [6.07, 6.45) is 8.81. The summed E-state index contributed by atoms with van der Waals surface area (Å²) in [6, 6.07) is 4.15. The van der Waals surface area contributed by atoms with Gasteiger partial charge in [0.15, 0.2) is 5.65 Å². The van der Waals surface area contributed by atoms with Gasteiger partial charge in [-0.1, -0.05) is 18.9 Å². The highest BCUT2D eigenvalue weighted by atomic mass is 19.1. The van der Waals surface area contributed by atoms with Crippen molar-refractivity contribution in [3.05, 3.63) is 36.0 Å². The summed E-state index contributed by atoms with van der Waals surface area (Å²) >= 11 is 0. The van der Waals surface area contributed by atoms with E-state index in [0.717, 1.165) is 51.4 Å². The van der Waals surface area contributed by atoms with Crippen LogP contribution in [0, 0.1) is 11.6 Å². The number of nitrogens with one attached hydrogen (secondary N) is 2. The van der Waals surface area contributed by atoms with Gasteiger partial charge < -0.3 is 15.7 Å². The number of para-hydroxylation sites is 1. The molecule has 2 aromatic heterocycles. The molecule has 0 atom stereocenters. The summed E-state index contributed by atoms with van der Waals surface area (Å²) in [6.45, 7) is 0. The van der Waals surface area contributed by atoms with Crippen LogP contribution in [0.5, 0.6) is 0 Å². The standard InChI is InChI=1S/C22H26F2N6O/c23-16-6-3-7-17(24)19(16)28-22-27-18-12-25-21(26-13-8-10-15(31)11-9-13)29-20(18)30(22)14-4-1-2-5-14/h3,6-7,12-15,31H,1-2,4-5,8-11H2,(H,27,28)(H,25,26,29)/t13-,15+. The average Bonchev–Trinajstić information content (AvgIpc) is 3.39. The molecule has 3 aromatic rings. The molecule has 7 nitrogen and oxygen atoms in total. The largest absolute Gasteiger partial charge is 0.393 e. The molecule has 0 bridgehead atoms. The molecule has 0 spiro atoms. The van der Waals surface area contributed by atoms with E-state index in [-0.39, 0.29) is 23.9 Å². The van der Waals surface area contributed by atoms with Gasteiger partial charge in [0.05, 0.1) is 12.3 Å². The molecule has 0 radical (unpaired) electrons. The van der Waals surface area contributed by atoms with E-state index in [0.29, 0.717) is 23.1 Å². The van der Waals surface area contributed by atoms with Crippen LogP contribution in [0.3, 0.4) is 0 Å². The number of nitrogens with zero attached hydrogens (tertiary/aromatic N) is 4. The zero-order valence-corrected chi connectivity index (χ0v) is 17.2. The number of aromatic nitrogens is 4. The molecule has 2 saturated carbocycles. The Labute approximate surface area is 178 Å². The Morgan fingerprint density at radius 3 is 2.39 bits per heavy atom. The van der Waals surface area contributed by atoms with Crippen molar-refractivity contribution in [3.8, 4) is 0 Å². The Balaban J connectivity index is 1.50. The van der Waals surface area contributed by atoms with Crippen molar-refractivity contribution in [1.29, 1.82) is 0 Å². The molecule has 5 rings (SSSR count). The molecule has 31 heavy (non-hydrogen) atoms. The van der Waals surface area contributed by atoms with Crippen LogP contribution in [-0.4, -0.2) is 36.8 Å². The average molecular weight is 428 g/mol. The maximum absolute atomic E-state index is 14.3. The zero-order chi connectivity index (χ0) is 21.4. The summed E-state index contributed by atoms with van der Waals surface area (Å²) < 4.78 is 30.5. The van der Waals surface area contributed by atoms with E-state index in [1.54, 1.807) is 6.20 Å². The monoisotopic (exact) mass is 428 g/mol. The molecule has 0 aliphatic heterocycles. The van der Waals surface area contributed by atoms with E-state index in [2.05, 4.69) is 20.6 Å². The molecule has 2 aliphatic rings. The number of hydrogen-bond donors (Lipinski definition) is 3. The van der Waals surface area contributed by atoms with Crippen LogP contribution in [0.25, 0.3) is 11.2 Å². The fourth-order valence-electron chi connectivity index (χ4n) is 4.69. The third kappa shape index (κ3) is 4.06. The molecule has 2 heterocycles. The number of fused-ring (bicyclic) bond motifs is 1. The molecule has 1 aromatic carbocycles. The van der Waals surface area contributed by atoms with Gasteiger partial charge in [0.25, 0.3) is 0 Å². The minimum absolute atomic E-state index is 0.162. The lowest BCUT2D eigenvalue weighted by molar-refractivity contribution is 0.126. The molecule has 0 amide bonds. The van der Waals surface area contributed by atoms with Crippen LogP contribution in [-0.2, 0) is 0 Å². The number of imidazole rings is 1. The Kier molecular flexibility index (Phi) is 5.43. The van der Waals surface area contributed by atoms with Gasteiger partial charge in [0.1, 0.15) is 22.8 Å². The molecule has 0 unspecified atom stereocenters. The molecule has 164 valence electrons. The third-order valence-electron chi connectivity index (χ3n) is 6.35. The number of benzene rings is 1. The van der Waals surface area contributed by atoms with E-state index >= 15 is 0 Å². The Morgan fingerprint density at radius 2 is 1.68 bits per heavy atom. The van der Waals surface area contributed by atoms with Crippen LogP contribution in [0.2, 0.25) is 0 Å². The normalized spacial score (nSPS) is 22.2. The first-order valence-corrected chi connectivity index (χ1v) is 11.0. The van der Waals surface area contributed by atoms with Crippen molar-refractivity contribution in [2.45, 2.75) is 69.6 Å². The lowest BCUT2D eigenvalue weighted by atomic mass is 9.93. The van der Waals surface area contributed by atoms with Crippen molar-refractivity contribution in [1.82, 2.24) is 19.5 Å². The van der Waals surface area contributed by atoms with Gasteiger partial charge in [-0.25, -0.2) is 18.7 Å². The molecular formula is C22H26F2N6O. The third-order valence-corrected chi connectivity index (χ3v) is 6.35. The van der Waals surface area contributed by atoms with Crippen molar-refractivity contribution in [2.75, 3.05) is 10.6 Å². The van der Waals surface area contributed by atoms with Gasteiger partial charge >= 0.3 is 0 Å². The highest BCUT2D eigenvalue weighted by molar-refractivity contribution is 5.76. The predicted molar refractivity (Wildman–Crippen MR) is 114 cm³/mol. The highest BCUT2D eigenvalue weighted by Crippen LogP contribution is 2.36. The lowest BCUT2D eigenvalue weighted by Gasteiger charge is -2.26. The number of aliphatic hydroxyl groups is 1. The Hall–Kier alpha value is -2.81. The molecule has 2 fully saturated rings. The smallest absolute Gasteiger partial charge is 0.224 e. The minimum Gasteiger partial charge on any atom is -0.393 e. The van der Waals surface area contributed by atoms with Gasteiger partial charge in [-0.2, -0.15) is 4.98 Å². The number of rotatable bonds is 5. The van der Waals surface area contributed by atoms with Crippen LogP contribution >= 0.6 is 0 Å². The van der Waals surface area contributed by atoms with Gasteiger partial charge in [-0.15, -0.1) is 0 Å². The van der Waals surface area contributed by atoms with Crippen molar-refractivity contribution >= 4 is 28.7 Å². The van der Waals surface area contributed by atoms with E-state index in [1.807, 2.05) is 4.57 Å². The van der Waals surface area contributed by atoms with E-state index in [9.17, 15) is 13.9 Å². The van der Waals surface area contributed by atoms with E-state index in [4.69, 9.17) is 4.98 Å². The molecule has 3 N–H and O–H groups in total. The van der Waals surface area contributed by atoms with E-state index in [1.165, 1.54) is 18.2 Å². The second-order valence-electron chi connectivity index (χ2n) is 8.52. The highest BCUT2D eigenvalue weighted by Gasteiger charge is 2.26. The minimum atomic E-state index is -0.669. The SMILES string of the molecule is O[C@H]1CC[C@@H](Nc2ncc3nc(Nc4c(F)cccc4F)n(C4CCCC4)c3n2)CC1. The first kappa shape index (κ1) is 20.1. The zero-order valence-electron chi connectivity index (χ0n) is 17.2. The number of aliphatic hydroxyl groups excluding tert-OH is 1. The summed E-state index contributed by atoms with van der Waals surface area (Å²) in [5.41, 5.74) is 1.01. The topological polar surface area (TPSA) is 87.9 Å². The Bertz CT molecular complexity index is 1050. The van der Waals surface area contributed by atoms with Crippen molar-refractivity contribution in [2.24, 2.45) is 0 Å². The maximum atomic E-state index is 14.3. The summed E-state index contributed by atoms with van der Waals surface area (Å²) in [5.74, 6) is -0.453. The molecular weight excluding hydrogens is 402 g/mol. The fourth-order valence-corrected chi connectivity index (χ4v) is 4.69. The maximum Gasteiger partial charge on any atom is 0.224 e. The lowest BCUT2D eigenvalue weighted by Crippen LogP contribution is -2.29. The van der Waals surface area contributed by atoms with Crippen LogP contribution in [0.4, 0.5) is 26.4 Å². The van der Waals surface area contributed by atoms with Gasteiger partial charge in [-0.05, 0) is 50.7 Å². The quantitative estimate of drug-likeness (QED) is 0.547. The van der Waals surface area contributed by atoms with E-state index < -0.39 is 11.6 Å². The van der Waals surface area contributed by atoms with Gasteiger partial charge in [0, 0.05) is 12.1 Å². The number of anilines is 3. The number of halogens is 2. The van der Waals surface area contributed by atoms with Crippen LogP contribution < -0.4 is 10.6 Å². The number of hydrogen-bond acceptors (Lipinski definition) is 6. The Morgan fingerprint density at radius 1 is 0.968 bits per heavy atom. The van der Waals surface area contributed by atoms with Crippen molar-refractivity contribution in [3.63, 3.8) is 0 Å². The summed E-state index contributed by atoms with van der Waals surface area (Å²) in [5, 5.41) is 16.0. The molecule has 9 heteroatoms. The van der Waals surface area contributed by atoms with Gasteiger partial charge in [-0.3, -0.25) is 4.57 Å². The predicted octanol–water partition coefficient (Wildman–Crippen LogP) is 4.68. The summed E-state index contributed by atoms with van der Waals surface area (Å²) in [4.78, 5) is 13.7. The second-order valence-corrected chi connectivity index (χ2v) is 8.52. The van der Waals surface area contributed by atoms with Crippen LogP contribution in [0.15, 0.2) is 24.4 Å². The molecule has 2 aliphatic carbocycles. The fraction of sp³-hybridized carbons (Fsp3) is 0.500. The second kappa shape index (κ2) is 8.37. The summed E-state index contributed by atoms with van der Waals surface area (Å²) in [7, 11) is 0.